The molecule has 9 aromatic rings. The zero-order valence-electron chi connectivity index (χ0n) is 76.5. The number of hydrogen-bond acceptors (Lipinski definition) is 21. The summed E-state index contributed by atoms with van der Waals surface area (Å²) in [6.45, 7) is 52.2. The van der Waals surface area contributed by atoms with E-state index in [9.17, 15) is 32.3 Å². The highest BCUT2D eigenvalue weighted by molar-refractivity contribution is 6.00. The van der Waals surface area contributed by atoms with Crippen molar-refractivity contribution >= 4 is 90.5 Å². The van der Waals surface area contributed by atoms with Gasteiger partial charge in [-0.2, -0.15) is 29.9 Å². The van der Waals surface area contributed by atoms with Gasteiger partial charge in [-0.3, -0.25) is 29.0 Å². The number of halogens is 3. The third-order valence-electron chi connectivity index (χ3n) is 27.9. The molecule has 4 amide bonds. The van der Waals surface area contributed by atoms with E-state index in [1.807, 2.05) is 0 Å². The third kappa shape index (κ3) is 20.3. The quantitative estimate of drug-likeness (QED) is 0.0428. The highest BCUT2D eigenvalue weighted by Gasteiger charge is 2.44. The molecule has 5 atom stereocenters. The lowest BCUT2D eigenvalue weighted by atomic mass is 9.99. The van der Waals surface area contributed by atoms with Crippen molar-refractivity contribution < 1.29 is 46.6 Å². The molecule has 19 rings (SSSR count). The number of aryl methyl sites for hydroxylation is 3. The lowest BCUT2D eigenvalue weighted by Gasteiger charge is -2.41. The summed E-state index contributed by atoms with van der Waals surface area (Å²) in [5.41, 5.74) is 13.1. The number of benzene rings is 6. The van der Waals surface area contributed by atoms with Gasteiger partial charge in [0.25, 0.3) is 17.7 Å². The van der Waals surface area contributed by atoms with Gasteiger partial charge in [0.2, 0.25) is 25.5 Å². The summed E-state index contributed by atoms with van der Waals surface area (Å²) in [5, 5.41) is 7.35. The molecular formula is C102H116F3N21O7. The number of amides is 4. The third-order valence-corrected chi connectivity index (χ3v) is 27.9. The first kappa shape index (κ1) is 91.7. The summed E-state index contributed by atoms with van der Waals surface area (Å²) >= 11 is 0. The van der Waals surface area contributed by atoms with E-state index >= 15 is 0 Å². The van der Waals surface area contributed by atoms with Crippen LogP contribution < -0.4 is 43.6 Å². The summed E-state index contributed by atoms with van der Waals surface area (Å²) in [6.07, 6.45) is 11.3. The predicted octanol–water partition coefficient (Wildman–Crippen LogP) is 13.5. The molecule has 1 aliphatic carbocycles. The van der Waals surface area contributed by atoms with Crippen molar-refractivity contribution in [3.63, 3.8) is 0 Å². The predicted molar refractivity (Wildman–Crippen MR) is 510 cm³/mol. The maximum absolute atomic E-state index is 13.8. The topological polar surface area (TPSA) is 225 Å². The van der Waals surface area contributed by atoms with Crippen LogP contribution in [0.5, 0.6) is 18.0 Å². The summed E-state index contributed by atoms with van der Waals surface area (Å²) in [6, 6.07) is 39.0. The molecule has 0 N–H and O–H groups in total. The maximum atomic E-state index is 13.8. The smallest absolute Gasteiger partial charge is 0.318 e. The van der Waals surface area contributed by atoms with Gasteiger partial charge in [-0.05, 0) is 136 Å². The summed E-state index contributed by atoms with van der Waals surface area (Å²) in [5.74, 6) is -2.82. The van der Waals surface area contributed by atoms with Crippen molar-refractivity contribution in [1.82, 2.24) is 59.3 Å². The molecule has 12 heterocycles. The first-order chi connectivity index (χ1) is 64.6. The minimum absolute atomic E-state index is 0.0452. The number of carbonyl (C=O) groups excluding carboxylic acids is 4. The van der Waals surface area contributed by atoms with Crippen molar-refractivity contribution in [2.45, 2.75) is 141 Å². The number of anilines is 6. The molecule has 0 radical (unpaired) electrons. The van der Waals surface area contributed by atoms with Crippen LogP contribution in [0.3, 0.4) is 0 Å². The number of fused-ring (bicyclic) bond motifs is 6. The van der Waals surface area contributed by atoms with Crippen LogP contribution in [0, 0.1) is 46.4 Å². The Balaban J connectivity index is 0.000000139. The second-order valence-corrected chi connectivity index (χ2v) is 36.6. The Hall–Kier alpha value is -13.2. The normalized spacial score (nSPS) is 20.4. The number of carbonyl (C=O) groups is 4. The standard InChI is InChI=1S/C35H42FN7O2.C34H38FN7O2.C33H36FN7O3/c1-25-10-8-11-27-12-9-13-31(32(25)27)41-17-14-29-30(24-41)38-35(45-21-20-40-15-6-4-5-7-16-40)39-33(29)42-18-19-43(34(44)26(2)36)28(23-42)22-37-3;1-22-6-4-7-24-8-5-9-30(31(22)24)39-14-13-28-29(20-39)37-34(44-21-26-12-15-41(26)25-10-11-25)38-32(28)40-16-17-42(33(43)23(2)35)27(19-40)18-36-3;1-21-7-5-8-24-9-6-10-28(30(21)24)39-12-11-26-27(19-39)36-33(44-20-23-15-29(42)38(4)17-23)37-31(26)40-13-14-41(32(43)22(2)34)25(18-40)16-35-3/h8-13,28H,2,4-7,14-24H2,1H3;4-9,25-27H,2,10-21H2,1H3;5-10,23,25H,2,11-20H2,1,4H3/t28-;26?,27-;23?,25-/m000/s1. The summed E-state index contributed by atoms with van der Waals surface area (Å²) < 4.78 is 60.2. The SMILES string of the molecule is [C-]#[N+]C[C@H]1CN(c2nc(OCC3CC(=O)N(C)C3)nc3c2CCN(c2cccc4cccc(C)c24)C3)CCN1C(=O)C(=C)F.[C-]#[N+]C[C@H]1CN(c2nc(OCC3CCN3C3CC3)nc3c2CCN(c2cccc4cccc(C)c24)C3)CCN1C(=O)C(=C)F.[C-]#[N+]C[C@H]1CN(c2nc(OCCN3CCCCCC3)nc3c2CCN(c2cccc4cccc(C)c24)C3)CCN1C(=O)C(=C)F. The Bertz CT molecular complexity index is 6050. The van der Waals surface area contributed by atoms with E-state index < -0.39 is 53.3 Å². The number of ether oxygens (including phenoxy) is 3. The molecule has 6 saturated heterocycles. The van der Waals surface area contributed by atoms with Crippen molar-refractivity contribution in [2.75, 3.05) is 187 Å². The van der Waals surface area contributed by atoms with Gasteiger partial charge in [-0.15, -0.1) is 0 Å². The zero-order chi connectivity index (χ0) is 92.7. The molecule has 31 heteroatoms. The molecule has 10 aliphatic rings. The summed E-state index contributed by atoms with van der Waals surface area (Å²) in [7, 11) is 1.79. The molecule has 7 fully saturated rings. The van der Waals surface area contributed by atoms with Gasteiger partial charge in [-0.25, -0.2) is 32.9 Å². The summed E-state index contributed by atoms with van der Waals surface area (Å²) in [4.78, 5) is 114. The fourth-order valence-corrected chi connectivity index (χ4v) is 20.8. The fraction of sp³-hybridized carbons (Fsp3) is 0.461. The number of piperazine rings is 3. The number of aromatic nitrogens is 6. The van der Waals surface area contributed by atoms with E-state index in [1.165, 1.54) is 114 Å². The number of rotatable bonds is 23. The molecule has 9 aliphatic heterocycles. The lowest BCUT2D eigenvalue weighted by molar-refractivity contribution is -0.131. The van der Waals surface area contributed by atoms with Crippen LogP contribution in [0.2, 0.25) is 0 Å². The second kappa shape index (κ2) is 40.9. The van der Waals surface area contributed by atoms with Crippen molar-refractivity contribution in [2.24, 2.45) is 5.92 Å². The molecule has 3 aromatic heterocycles. The van der Waals surface area contributed by atoms with Gasteiger partial charge in [0.05, 0.1) is 43.3 Å². The van der Waals surface area contributed by atoms with Crippen LogP contribution in [0.15, 0.2) is 146 Å². The Morgan fingerprint density at radius 1 is 0.429 bits per heavy atom. The van der Waals surface area contributed by atoms with Gasteiger partial charge in [0, 0.05) is 180 Å². The van der Waals surface area contributed by atoms with E-state index in [2.05, 4.69) is 203 Å². The van der Waals surface area contributed by atoms with Crippen LogP contribution in [0.1, 0.15) is 102 Å². The van der Waals surface area contributed by atoms with Crippen molar-refractivity contribution in [3.8, 4) is 18.0 Å². The van der Waals surface area contributed by atoms with Gasteiger partial charge in [-0.1, -0.05) is 124 Å². The lowest BCUT2D eigenvalue weighted by Crippen LogP contribution is -2.57. The van der Waals surface area contributed by atoms with Gasteiger partial charge < -0.3 is 77.7 Å². The Morgan fingerprint density at radius 2 is 0.797 bits per heavy atom. The molecular weight excluding hydrogens is 1690 g/mol. The Kier molecular flexibility index (Phi) is 28.2. The first-order valence-electron chi connectivity index (χ1n) is 46.8. The van der Waals surface area contributed by atoms with Crippen LogP contribution >= 0.6 is 0 Å². The number of nitrogens with zero attached hydrogens (tertiary/aromatic N) is 21. The largest absolute Gasteiger partial charge is 0.463 e. The maximum Gasteiger partial charge on any atom is 0.318 e. The van der Waals surface area contributed by atoms with E-state index in [0.29, 0.717) is 122 Å². The van der Waals surface area contributed by atoms with E-state index in [1.54, 1.807) is 11.9 Å². The van der Waals surface area contributed by atoms with E-state index in [-0.39, 0.29) is 57.1 Å². The molecule has 2 unspecified atom stereocenters. The van der Waals surface area contributed by atoms with Crippen molar-refractivity contribution in [1.29, 1.82) is 0 Å². The van der Waals surface area contributed by atoms with Gasteiger partial charge in [0.1, 0.15) is 48.8 Å². The van der Waals surface area contributed by atoms with Crippen LogP contribution in [-0.2, 0) is 58.1 Å². The molecule has 0 spiro atoms. The molecule has 692 valence electrons. The minimum Gasteiger partial charge on any atom is -0.463 e. The van der Waals surface area contributed by atoms with Gasteiger partial charge in [0.15, 0.2) is 17.5 Å². The average molecular weight is 1810 g/mol. The van der Waals surface area contributed by atoms with E-state index in [4.69, 9.17) is 63.8 Å². The van der Waals surface area contributed by atoms with Gasteiger partial charge >= 0.3 is 18.0 Å². The number of likely N-dealkylation sites (tertiary alicyclic amines) is 3. The number of hydrogen-bond donors (Lipinski definition) is 0. The first-order valence-corrected chi connectivity index (χ1v) is 46.8. The van der Waals surface area contributed by atoms with Crippen LogP contribution in [-0.4, -0.2) is 271 Å². The molecule has 28 nitrogen and oxygen atoms in total. The van der Waals surface area contributed by atoms with Crippen LogP contribution in [0.4, 0.5) is 47.7 Å². The molecule has 1 saturated carbocycles. The molecule has 6 aromatic carbocycles. The fourth-order valence-electron chi connectivity index (χ4n) is 20.8. The Morgan fingerprint density at radius 3 is 1.14 bits per heavy atom. The minimum atomic E-state index is -1.02. The average Bonchev–Trinajstić information content (AvgIpc) is 1.66. The monoisotopic (exact) mass is 1800 g/mol. The highest BCUT2D eigenvalue weighted by atomic mass is 19.1. The zero-order valence-corrected chi connectivity index (χ0v) is 76.5. The second-order valence-electron chi connectivity index (χ2n) is 36.6. The molecule has 0 bridgehead atoms. The van der Waals surface area contributed by atoms with E-state index in [0.717, 1.165) is 122 Å². The van der Waals surface area contributed by atoms with Crippen LogP contribution in [0.25, 0.3) is 46.9 Å². The highest BCUT2D eigenvalue weighted by Crippen LogP contribution is 2.43. The van der Waals surface area contributed by atoms with Crippen molar-refractivity contribution in [3.05, 3.63) is 231 Å². The Labute approximate surface area is 775 Å². The molecule has 133 heavy (non-hydrogen) atoms.